The van der Waals surface area contributed by atoms with Crippen LogP contribution in [0.4, 0.5) is 5.69 Å². The van der Waals surface area contributed by atoms with Crippen molar-refractivity contribution in [3.63, 3.8) is 0 Å². The van der Waals surface area contributed by atoms with E-state index in [9.17, 15) is 0 Å². The van der Waals surface area contributed by atoms with Crippen molar-refractivity contribution < 1.29 is 0 Å². The summed E-state index contributed by atoms with van der Waals surface area (Å²) in [5, 5.41) is 0. The van der Waals surface area contributed by atoms with E-state index in [-0.39, 0.29) is 0 Å². The molecule has 0 spiro atoms. The zero-order chi connectivity index (χ0) is 12.4. The van der Waals surface area contributed by atoms with Crippen LogP contribution in [0, 0.1) is 0 Å². The van der Waals surface area contributed by atoms with Gasteiger partial charge in [-0.3, -0.25) is 9.88 Å². The number of rotatable bonds is 2. The van der Waals surface area contributed by atoms with Gasteiger partial charge in [-0.1, -0.05) is 6.42 Å². The summed E-state index contributed by atoms with van der Waals surface area (Å²) in [5.74, 6) is 0.550. The third kappa shape index (κ3) is 2.34. The number of pyridine rings is 1. The number of aromatic nitrogens is 1. The molecule has 1 unspecified atom stereocenters. The maximum atomic E-state index is 6.01. The second kappa shape index (κ2) is 5.45. The van der Waals surface area contributed by atoms with Gasteiger partial charge in [-0.25, -0.2) is 0 Å². The molecule has 3 rings (SSSR count). The Hall–Kier alpha value is -0.800. The fourth-order valence-corrected chi connectivity index (χ4v) is 3.41. The van der Waals surface area contributed by atoms with Gasteiger partial charge in [0.15, 0.2) is 0 Å². The third-order valence-corrected chi connectivity index (χ3v) is 4.49. The van der Waals surface area contributed by atoms with Gasteiger partial charge >= 0.3 is 0 Å². The van der Waals surface area contributed by atoms with Crippen LogP contribution < -0.4 is 4.90 Å². The van der Waals surface area contributed by atoms with E-state index < -0.39 is 0 Å². The van der Waals surface area contributed by atoms with E-state index in [1.54, 1.807) is 0 Å². The number of anilines is 1. The van der Waals surface area contributed by atoms with Crippen LogP contribution in [0.3, 0.4) is 0 Å². The Morgan fingerprint density at radius 2 is 2.22 bits per heavy atom. The summed E-state index contributed by atoms with van der Waals surface area (Å²) >= 11 is 6.01. The molecule has 3 nitrogen and oxygen atoms in total. The van der Waals surface area contributed by atoms with Crippen LogP contribution >= 0.6 is 11.6 Å². The maximum absolute atomic E-state index is 6.01. The minimum Gasteiger partial charge on any atom is -0.368 e. The fourth-order valence-electron chi connectivity index (χ4n) is 3.21. The van der Waals surface area contributed by atoms with E-state index in [1.165, 1.54) is 38.0 Å². The number of halogens is 1. The van der Waals surface area contributed by atoms with Crippen LogP contribution in [0.1, 0.15) is 24.8 Å². The van der Waals surface area contributed by atoms with Gasteiger partial charge in [0.25, 0.3) is 0 Å². The molecule has 3 heterocycles. The van der Waals surface area contributed by atoms with Gasteiger partial charge in [0, 0.05) is 49.3 Å². The quantitative estimate of drug-likeness (QED) is 0.766. The van der Waals surface area contributed by atoms with Gasteiger partial charge in [-0.05, 0) is 25.5 Å². The minimum atomic E-state index is 0.550. The first-order chi connectivity index (χ1) is 8.88. The number of piperidine rings is 1. The van der Waals surface area contributed by atoms with E-state index in [4.69, 9.17) is 11.6 Å². The van der Waals surface area contributed by atoms with Crippen molar-refractivity contribution in [2.45, 2.75) is 31.2 Å². The van der Waals surface area contributed by atoms with Crippen molar-refractivity contribution >= 4 is 17.3 Å². The van der Waals surface area contributed by atoms with Gasteiger partial charge in [0.2, 0.25) is 0 Å². The number of hydrogen-bond donors (Lipinski definition) is 0. The summed E-state index contributed by atoms with van der Waals surface area (Å²) in [6.07, 6.45) is 7.87. The standard InChI is InChI=1S/C14H20ClN3/c15-9-12-10-16-5-4-14(12)18-8-7-17-6-2-1-3-13(17)11-18/h4-5,10,13H,1-3,6-9,11H2. The smallest absolute Gasteiger partial charge is 0.0509 e. The maximum Gasteiger partial charge on any atom is 0.0509 e. The zero-order valence-corrected chi connectivity index (χ0v) is 11.4. The monoisotopic (exact) mass is 265 g/mol. The van der Waals surface area contributed by atoms with Crippen molar-refractivity contribution in [2.24, 2.45) is 0 Å². The summed E-state index contributed by atoms with van der Waals surface area (Å²) in [6.45, 7) is 4.74. The zero-order valence-electron chi connectivity index (χ0n) is 10.7. The largest absolute Gasteiger partial charge is 0.368 e. The molecule has 0 aromatic carbocycles. The lowest BCUT2D eigenvalue weighted by Crippen LogP contribution is -2.55. The first kappa shape index (κ1) is 12.2. The predicted octanol–water partition coefficient (Wildman–Crippen LogP) is 2.49. The van der Waals surface area contributed by atoms with E-state index in [0.717, 1.165) is 24.7 Å². The van der Waals surface area contributed by atoms with Crippen LogP contribution in [-0.2, 0) is 5.88 Å². The van der Waals surface area contributed by atoms with Crippen LogP contribution in [0.25, 0.3) is 0 Å². The molecule has 0 N–H and O–H groups in total. The molecular formula is C14H20ClN3. The average molecular weight is 266 g/mol. The van der Waals surface area contributed by atoms with Gasteiger partial charge in [-0.15, -0.1) is 11.6 Å². The molecule has 98 valence electrons. The van der Waals surface area contributed by atoms with Crippen molar-refractivity contribution in [1.82, 2.24) is 9.88 Å². The Morgan fingerprint density at radius 3 is 3.11 bits per heavy atom. The van der Waals surface area contributed by atoms with Crippen LogP contribution in [0.15, 0.2) is 18.5 Å². The minimum absolute atomic E-state index is 0.550. The molecule has 0 bridgehead atoms. The summed E-state index contributed by atoms with van der Waals surface area (Å²) in [6, 6.07) is 2.85. The molecular weight excluding hydrogens is 246 g/mol. The van der Waals surface area contributed by atoms with E-state index >= 15 is 0 Å². The fraction of sp³-hybridized carbons (Fsp3) is 0.643. The number of alkyl halides is 1. The molecule has 1 aromatic rings. The molecule has 1 atom stereocenters. The van der Waals surface area contributed by atoms with Gasteiger partial charge in [0.05, 0.1) is 5.88 Å². The number of piperazine rings is 1. The second-order valence-electron chi connectivity index (χ2n) is 5.27. The molecule has 0 saturated carbocycles. The van der Waals surface area contributed by atoms with Crippen molar-refractivity contribution in [3.05, 3.63) is 24.0 Å². The Kier molecular flexibility index (Phi) is 3.71. The van der Waals surface area contributed by atoms with Crippen molar-refractivity contribution in [1.29, 1.82) is 0 Å². The summed E-state index contributed by atoms with van der Waals surface area (Å²) in [5.41, 5.74) is 2.44. The predicted molar refractivity (Wildman–Crippen MR) is 75.2 cm³/mol. The van der Waals surface area contributed by atoms with Gasteiger partial charge in [-0.2, -0.15) is 0 Å². The second-order valence-corrected chi connectivity index (χ2v) is 5.54. The van der Waals surface area contributed by atoms with Crippen LogP contribution in [0.2, 0.25) is 0 Å². The van der Waals surface area contributed by atoms with E-state index in [2.05, 4.69) is 20.9 Å². The van der Waals surface area contributed by atoms with Gasteiger partial charge < -0.3 is 4.90 Å². The molecule has 0 amide bonds. The Labute approximate surface area is 114 Å². The molecule has 0 radical (unpaired) electrons. The number of nitrogens with zero attached hydrogens (tertiary/aromatic N) is 3. The van der Waals surface area contributed by atoms with E-state index in [1.807, 2.05) is 12.4 Å². The highest BCUT2D eigenvalue weighted by Gasteiger charge is 2.29. The molecule has 0 aliphatic carbocycles. The molecule has 1 aromatic heterocycles. The first-order valence-electron chi connectivity index (χ1n) is 6.86. The number of fused-ring (bicyclic) bond motifs is 1. The molecule has 2 fully saturated rings. The van der Waals surface area contributed by atoms with Crippen molar-refractivity contribution in [2.75, 3.05) is 31.1 Å². The molecule has 18 heavy (non-hydrogen) atoms. The normalized spacial score (nSPS) is 24.9. The van der Waals surface area contributed by atoms with E-state index in [0.29, 0.717) is 5.88 Å². The highest BCUT2D eigenvalue weighted by Crippen LogP contribution is 2.27. The number of hydrogen-bond acceptors (Lipinski definition) is 3. The molecule has 4 heteroatoms. The molecule has 2 aliphatic rings. The first-order valence-corrected chi connectivity index (χ1v) is 7.40. The summed E-state index contributed by atoms with van der Waals surface area (Å²) in [7, 11) is 0. The Morgan fingerprint density at radius 1 is 1.28 bits per heavy atom. The Bertz CT molecular complexity index is 410. The highest BCUT2D eigenvalue weighted by molar-refractivity contribution is 6.17. The SMILES string of the molecule is ClCc1cnccc1N1CCN2CCCCC2C1. The van der Waals surface area contributed by atoms with Crippen LogP contribution in [-0.4, -0.2) is 42.1 Å². The van der Waals surface area contributed by atoms with Crippen LogP contribution in [0.5, 0.6) is 0 Å². The van der Waals surface area contributed by atoms with Crippen molar-refractivity contribution in [3.8, 4) is 0 Å². The lowest BCUT2D eigenvalue weighted by atomic mass is 9.99. The molecule has 2 aliphatic heterocycles. The summed E-state index contributed by atoms with van der Waals surface area (Å²) in [4.78, 5) is 9.32. The lowest BCUT2D eigenvalue weighted by molar-refractivity contribution is 0.133. The topological polar surface area (TPSA) is 19.4 Å². The summed E-state index contributed by atoms with van der Waals surface area (Å²) < 4.78 is 0. The highest BCUT2D eigenvalue weighted by atomic mass is 35.5. The Balaban J connectivity index is 1.77. The average Bonchev–Trinajstić information content (AvgIpc) is 2.46. The lowest BCUT2D eigenvalue weighted by Gasteiger charge is -2.45. The third-order valence-electron chi connectivity index (χ3n) is 4.20. The molecule has 2 saturated heterocycles. The van der Waals surface area contributed by atoms with Gasteiger partial charge in [0.1, 0.15) is 0 Å².